The Balaban J connectivity index is 2.30. The highest BCUT2D eigenvalue weighted by molar-refractivity contribution is 6.17. The van der Waals surface area contributed by atoms with Gasteiger partial charge >= 0.3 is 0 Å². The fourth-order valence-electron chi connectivity index (χ4n) is 2.22. The summed E-state index contributed by atoms with van der Waals surface area (Å²) < 4.78 is 15.4. The Kier molecular flexibility index (Phi) is 3.22. The number of hydrogen-bond acceptors (Lipinski definition) is 1. The van der Waals surface area contributed by atoms with Gasteiger partial charge in [-0.15, -0.1) is 11.6 Å². The van der Waals surface area contributed by atoms with E-state index in [0.29, 0.717) is 12.3 Å². The molecule has 0 aliphatic rings. The Labute approximate surface area is 115 Å². The molecule has 96 valence electrons. The molecule has 0 radical (unpaired) electrons. The van der Waals surface area contributed by atoms with Gasteiger partial charge in [0.1, 0.15) is 11.6 Å². The first-order valence-corrected chi connectivity index (χ1v) is 6.61. The number of hydrogen-bond donors (Lipinski definition) is 0. The van der Waals surface area contributed by atoms with Gasteiger partial charge in [0.05, 0.1) is 11.0 Å². The quantitative estimate of drug-likeness (QED) is 0.662. The highest BCUT2D eigenvalue weighted by atomic mass is 35.5. The van der Waals surface area contributed by atoms with Crippen LogP contribution >= 0.6 is 11.6 Å². The molecule has 2 aromatic carbocycles. The fraction of sp³-hybridized carbons (Fsp3) is 0.133. The third-order valence-electron chi connectivity index (χ3n) is 3.02. The van der Waals surface area contributed by atoms with E-state index >= 15 is 0 Å². The predicted molar refractivity (Wildman–Crippen MR) is 75.5 cm³/mol. The number of nitrogens with zero attached hydrogens (tertiary/aromatic N) is 2. The molecule has 4 heteroatoms. The second-order valence-corrected chi connectivity index (χ2v) is 4.65. The van der Waals surface area contributed by atoms with Crippen molar-refractivity contribution in [2.24, 2.45) is 0 Å². The third-order valence-corrected chi connectivity index (χ3v) is 3.21. The lowest BCUT2D eigenvalue weighted by Crippen LogP contribution is -2.02. The summed E-state index contributed by atoms with van der Waals surface area (Å²) in [6.45, 7) is 0. The Bertz CT molecular complexity index is 707. The van der Waals surface area contributed by atoms with Crippen molar-refractivity contribution in [2.45, 2.75) is 6.42 Å². The highest BCUT2D eigenvalue weighted by Gasteiger charge is 2.12. The summed E-state index contributed by atoms with van der Waals surface area (Å²) in [6, 6.07) is 14.4. The zero-order valence-electron chi connectivity index (χ0n) is 10.2. The molecule has 0 aliphatic carbocycles. The number of aryl methyl sites for hydroxylation is 1. The van der Waals surface area contributed by atoms with Crippen LogP contribution in [-0.2, 0) is 6.42 Å². The van der Waals surface area contributed by atoms with Crippen molar-refractivity contribution in [1.82, 2.24) is 9.55 Å². The van der Waals surface area contributed by atoms with E-state index in [2.05, 4.69) is 4.98 Å². The monoisotopic (exact) mass is 274 g/mol. The molecular weight excluding hydrogens is 263 g/mol. The van der Waals surface area contributed by atoms with E-state index in [1.807, 2.05) is 34.9 Å². The maximum Gasteiger partial charge on any atom is 0.125 e. The first kappa shape index (κ1) is 12.2. The van der Waals surface area contributed by atoms with Crippen LogP contribution in [0.5, 0.6) is 0 Å². The van der Waals surface area contributed by atoms with Crippen LogP contribution in [0.4, 0.5) is 4.39 Å². The van der Waals surface area contributed by atoms with Crippen LogP contribution in [0.1, 0.15) is 5.82 Å². The van der Waals surface area contributed by atoms with Crippen molar-refractivity contribution in [1.29, 1.82) is 0 Å². The standard InChI is InChI=1S/C15H12ClFN2/c16-9-8-15-18-13-7-6-11(17)10-14(13)19(15)12-4-2-1-3-5-12/h1-7,10H,8-9H2. The van der Waals surface area contributed by atoms with E-state index in [9.17, 15) is 4.39 Å². The molecule has 2 nitrogen and oxygen atoms in total. The summed E-state index contributed by atoms with van der Waals surface area (Å²) in [5.74, 6) is 1.07. The lowest BCUT2D eigenvalue weighted by atomic mass is 10.2. The van der Waals surface area contributed by atoms with Gasteiger partial charge in [0.25, 0.3) is 0 Å². The molecule has 3 rings (SSSR count). The number of para-hydroxylation sites is 1. The van der Waals surface area contributed by atoms with Crippen molar-refractivity contribution in [2.75, 3.05) is 5.88 Å². The molecule has 0 spiro atoms. The summed E-state index contributed by atoms with van der Waals surface area (Å²) in [5, 5.41) is 0. The number of aromatic nitrogens is 2. The molecule has 1 heterocycles. The average molecular weight is 275 g/mol. The van der Waals surface area contributed by atoms with Crippen molar-refractivity contribution in [3.63, 3.8) is 0 Å². The second kappa shape index (κ2) is 5.02. The molecular formula is C15H12ClFN2. The SMILES string of the molecule is Fc1ccc2nc(CCCl)n(-c3ccccc3)c2c1. The number of rotatable bonds is 3. The third kappa shape index (κ3) is 2.22. The lowest BCUT2D eigenvalue weighted by molar-refractivity contribution is 0.629. The molecule has 0 saturated heterocycles. The zero-order chi connectivity index (χ0) is 13.2. The molecule has 19 heavy (non-hydrogen) atoms. The van der Waals surface area contributed by atoms with Gasteiger partial charge in [-0.05, 0) is 24.3 Å². The lowest BCUT2D eigenvalue weighted by Gasteiger charge is -2.08. The summed E-state index contributed by atoms with van der Waals surface area (Å²) in [7, 11) is 0. The Morgan fingerprint density at radius 1 is 1.11 bits per heavy atom. The molecule has 0 atom stereocenters. The Morgan fingerprint density at radius 2 is 1.89 bits per heavy atom. The van der Waals surface area contributed by atoms with Gasteiger partial charge in [-0.3, -0.25) is 4.57 Å². The molecule has 0 unspecified atom stereocenters. The summed E-state index contributed by atoms with van der Waals surface area (Å²) in [5.41, 5.74) is 2.52. The minimum Gasteiger partial charge on any atom is -0.296 e. The Morgan fingerprint density at radius 3 is 2.63 bits per heavy atom. The van der Waals surface area contributed by atoms with Crippen molar-refractivity contribution in [3.8, 4) is 5.69 Å². The second-order valence-electron chi connectivity index (χ2n) is 4.27. The maximum absolute atomic E-state index is 13.5. The Hall–Kier alpha value is -1.87. The topological polar surface area (TPSA) is 17.8 Å². The van der Waals surface area contributed by atoms with Crippen LogP contribution in [0.25, 0.3) is 16.7 Å². The van der Waals surface area contributed by atoms with Crippen LogP contribution in [0.3, 0.4) is 0 Å². The summed E-state index contributed by atoms with van der Waals surface area (Å²) in [6.07, 6.45) is 0.646. The summed E-state index contributed by atoms with van der Waals surface area (Å²) in [4.78, 5) is 4.53. The van der Waals surface area contributed by atoms with Gasteiger partial charge in [0.15, 0.2) is 0 Å². The van der Waals surface area contributed by atoms with Crippen LogP contribution in [0.15, 0.2) is 48.5 Å². The minimum atomic E-state index is -0.262. The number of alkyl halides is 1. The number of halogens is 2. The van der Waals surface area contributed by atoms with Crippen LogP contribution in [0, 0.1) is 5.82 Å². The van der Waals surface area contributed by atoms with E-state index in [4.69, 9.17) is 11.6 Å². The van der Waals surface area contributed by atoms with Crippen molar-refractivity contribution in [3.05, 3.63) is 60.2 Å². The largest absolute Gasteiger partial charge is 0.296 e. The minimum absolute atomic E-state index is 0.262. The van der Waals surface area contributed by atoms with Gasteiger partial charge in [0.2, 0.25) is 0 Å². The molecule has 0 amide bonds. The smallest absolute Gasteiger partial charge is 0.125 e. The molecule has 0 saturated carbocycles. The van der Waals surface area contributed by atoms with Crippen molar-refractivity contribution >= 4 is 22.6 Å². The fourth-order valence-corrected chi connectivity index (χ4v) is 2.38. The first-order valence-electron chi connectivity index (χ1n) is 6.08. The van der Waals surface area contributed by atoms with E-state index < -0.39 is 0 Å². The molecule has 0 fully saturated rings. The average Bonchev–Trinajstić information content (AvgIpc) is 2.77. The van der Waals surface area contributed by atoms with Crippen LogP contribution in [-0.4, -0.2) is 15.4 Å². The zero-order valence-corrected chi connectivity index (χ0v) is 10.9. The van der Waals surface area contributed by atoms with Gasteiger partial charge in [-0.1, -0.05) is 18.2 Å². The highest BCUT2D eigenvalue weighted by Crippen LogP contribution is 2.22. The summed E-state index contributed by atoms with van der Waals surface area (Å²) >= 11 is 5.83. The maximum atomic E-state index is 13.5. The van der Waals surface area contributed by atoms with Gasteiger partial charge in [-0.2, -0.15) is 0 Å². The van der Waals surface area contributed by atoms with E-state index in [1.54, 1.807) is 6.07 Å². The van der Waals surface area contributed by atoms with Gasteiger partial charge < -0.3 is 0 Å². The van der Waals surface area contributed by atoms with E-state index in [1.165, 1.54) is 12.1 Å². The molecule has 0 N–H and O–H groups in total. The van der Waals surface area contributed by atoms with Crippen molar-refractivity contribution < 1.29 is 4.39 Å². The number of imidazole rings is 1. The van der Waals surface area contributed by atoms with E-state index in [0.717, 1.165) is 22.5 Å². The normalized spacial score (nSPS) is 11.1. The predicted octanol–water partition coefficient (Wildman–Crippen LogP) is 3.95. The molecule has 1 aromatic heterocycles. The number of benzene rings is 2. The first-order chi connectivity index (χ1) is 9.29. The van der Waals surface area contributed by atoms with Gasteiger partial charge in [0, 0.05) is 24.1 Å². The molecule has 3 aromatic rings. The number of fused-ring (bicyclic) bond motifs is 1. The van der Waals surface area contributed by atoms with Crippen LogP contribution < -0.4 is 0 Å². The molecule has 0 aliphatic heterocycles. The van der Waals surface area contributed by atoms with Crippen LogP contribution in [0.2, 0.25) is 0 Å². The van der Waals surface area contributed by atoms with E-state index in [-0.39, 0.29) is 5.82 Å². The van der Waals surface area contributed by atoms with Gasteiger partial charge in [-0.25, -0.2) is 9.37 Å². The molecule has 0 bridgehead atoms.